The van der Waals surface area contributed by atoms with Crippen LogP contribution in [0.2, 0.25) is 0 Å². The predicted octanol–water partition coefficient (Wildman–Crippen LogP) is 2.40. The summed E-state index contributed by atoms with van der Waals surface area (Å²) < 4.78 is 15.8. The van der Waals surface area contributed by atoms with Crippen molar-refractivity contribution < 1.29 is 4.39 Å². The smallest absolute Gasteiger partial charge is 0.146 e. The van der Waals surface area contributed by atoms with Gasteiger partial charge in [0.05, 0.1) is 11.1 Å². The maximum atomic E-state index is 13.9. The van der Waals surface area contributed by atoms with Gasteiger partial charge in [-0.05, 0) is 17.7 Å². The van der Waals surface area contributed by atoms with Crippen molar-refractivity contribution in [2.45, 2.75) is 0 Å². The Morgan fingerprint density at radius 2 is 2.10 bits per heavy atom. The van der Waals surface area contributed by atoms with Crippen molar-refractivity contribution in [3.63, 3.8) is 0 Å². The molecule has 0 spiro atoms. The summed E-state index contributed by atoms with van der Waals surface area (Å²) in [5, 5.41) is 3.54. The van der Waals surface area contributed by atoms with Gasteiger partial charge < -0.3 is 15.6 Å². The van der Waals surface area contributed by atoms with Gasteiger partial charge in [0.1, 0.15) is 23.6 Å². The Morgan fingerprint density at radius 3 is 2.80 bits per heavy atom. The van der Waals surface area contributed by atoms with Crippen molar-refractivity contribution >= 4 is 22.5 Å². The zero-order valence-corrected chi connectivity index (χ0v) is 11.2. The Labute approximate surface area is 115 Å². The van der Waals surface area contributed by atoms with Gasteiger partial charge in [-0.25, -0.2) is 14.4 Å². The van der Waals surface area contributed by atoms with Crippen molar-refractivity contribution in [2.75, 3.05) is 18.1 Å². The highest BCUT2D eigenvalue weighted by atomic mass is 19.1. The molecule has 3 N–H and O–H groups in total. The summed E-state index contributed by atoms with van der Waals surface area (Å²) >= 11 is 0. The highest BCUT2D eigenvalue weighted by Crippen LogP contribution is 2.33. The lowest BCUT2D eigenvalue weighted by molar-refractivity contribution is 0.632. The van der Waals surface area contributed by atoms with Crippen LogP contribution < -0.4 is 11.1 Å². The van der Waals surface area contributed by atoms with E-state index in [1.54, 1.807) is 13.1 Å². The van der Waals surface area contributed by atoms with E-state index in [4.69, 9.17) is 5.73 Å². The first kappa shape index (κ1) is 12.4. The number of hydrogen-bond acceptors (Lipinski definition) is 4. The predicted molar refractivity (Wildman–Crippen MR) is 77.9 cm³/mol. The van der Waals surface area contributed by atoms with Crippen molar-refractivity contribution in [2.24, 2.45) is 7.05 Å². The summed E-state index contributed by atoms with van der Waals surface area (Å²) in [7, 11) is 3.55. The molecule has 1 aromatic carbocycles. The number of benzene rings is 1. The fourth-order valence-corrected chi connectivity index (χ4v) is 2.34. The van der Waals surface area contributed by atoms with Crippen molar-refractivity contribution in [1.29, 1.82) is 0 Å². The molecule has 3 rings (SSSR count). The molecule has 3 aromatic rings. The van der Waals surface area contributed by atoms with Crippen LogP contribution >= 0.6 is 0 Å². The molecule has 2 aromatic heterocycles. The molecule has 5 nitrogen and oxygen atoms in total. The molecule has 2 heterocycles. The average Bonchev–Trinajstić information content (AvgIpc) is 2.78. The van der Waals surface area contributed by atoms with E-state index in [1.807, 2.05) is 23.9 Å². The standard InChI is InChI=1S/C14H14FN5/c1-17-11-4-3-8(5-10(11)15)9-6-20(2)14-12(9)13(16)18-7-19-14/h3-7,17H,1-2H3,(H2,16,18,19). The van der Waals surface area contributed by atoms with Gasteiger partial charge in [-0.3, -0.25) is 0 Å². The van der Waals surface area contributed by atoms with E-state index >= 15 is 0 Å². The molecule has 102 valence electrons. The molecule has 0 radical (unpaired) electrons. The molecule has 20 heavy (non-hydrogen) atoms. The first-order chi connectivity index (χ1) is 9.61. The van der Waals surface area contributed by atoms with E-state index in [0.29, 0.717) is 11.5 Å². The van der Waals surface area contributed by atoms with Gasteiger partial charge in [-0.2, -0.15) is 0 Å². The molecule has 0 aliphatic rings. The second-order valence-corrected chi connectivity index (χ2v) is 4.56. The number of nitrogens with one attached hydrogen (secondary N) is 1. The van der Waals surface area contributed by atoms with Crippen LogP contribution in [-0.2, 0) is 7.05 Å². The Kier molecular flexibility index (Phi) is 2.78. The van der Waals surface area contributed by atoms with Crippen LogP contribution in [0.1, 0.15) is 0 Å². The number of nitrogen functional groups attached to an aromatic ring is 1. The van der Waals surface area contributed by atoms with Crippen molar-refractivity contribution in [3.8, 4) is 11.1 Å². The third-order valence-corrected chi connectivity index (χ3v) is 3.33. The van der Waals surface area contributed by atoms with E-state index in [1.165, 1.54) is 12.4 Å². The molecule has 0 bridgehead atoms. The van der Waals surface area contributed by atoms with E-state index in [-0.39, 0.29) is 5.82 Å². The molecule has 6 heteroatoms. The first-order valence-electron chi connectivity index (χ1n) is 6.15. The molecule has 0 saturated heterocycles. The normalized spacial score (nSPS) is 10.9. The van der Waals surface area contributed by atoms with Crippen molar-refractivity contribution in [3.05, 3.63) is 36.5 Å². The minimum absolute atomic E-state index is 0.308. The molecule has 0 unspecified atom stereocenters. The minimum Gasteiger partial charge on any atom is -0.386 e. The lowest BCUT2D eigenvalue weighted by Gasteiger charge is -2.05. The van der Waals surface area contributed by atoms with Gasteiger partial charge in [0, 0.05) is 25.9 Å². The Hall–Kier alpha value is -2.63. The number of rotatable bonds is 2. The first-order valence-corrected chi connectivity index (χ1v) is 6.15. The lowest BCUT2D eigenvalue weighted by atomic mass is 10.1. The lowest BCUT2D eigenvalue weighted by Crippen LogP contribution is -1.95. The molecule has 0 aliphatic heterocycles. The largest absolute Gasteiger partial charge is 0.386 e. The van der Waals surface area contributed by atoms with Gasteiger partial charge in [0.25, 0.3) is 0 Å². The van der Waals surface area contributed by atoms with Crippen LogP contribution in [0.5, 0.6) is 0 Å². The van der Waals surface area contributed by atoms with Crippen LogP contribution in [0.3, 0.4) is 0 Å². The minimum atomic E-state index is -0.308. The number of nitrogens with zero attached hydrogens (tertiary/aromatic N) is 3. The number of hydrogen-bond donors (Lipinski definition) is 2. The van der Waals surface area contributed by atoms with E-state index in [9.17, 15) is 4.39 Å². The Balaban J connectivity index is 2.27. The summed E-state index contributed by atoms with van der Waals surface area (Å²) in [4.78, 5) is 8.22. The molecule has 0 saturated carbocycles. The summed E-state index contributed by atoms with van der Waals surface area (Å²) in [6, 6.07) is 5.02. The molecular formula is C14H14FN5. The highest BCUT2D eigenvalue weighted by Gasteiger charge is 2.14. The summed E-state index contributed by atoms with van der Waals surface area (Å²) in [6.45, 7) is 0. The molecule has 0 amide bonds. The summed E-state index contributed by atoms with van der Waals surface area (Å²) in [5.74, 6) is 0.0844. The highest BCUT2D eigenvalue weighted by molar-refractivity contribution is 6.00. The quantitative estimate of drug-likeness (QED) is 0.751. The number of aryl methyl sites for hydroxylation is 1. The Morgan fingerprint density at radius 1 is 1.30 bits per heavy atom. The Bertz CT molecular complexity index is 794. The van der Waals surface area contributed by atoms with E-state index in [0.717, 1.165) is 22.2 Å². The summed E-state index contributed by atoms with van der Waals surface area (Å²) in [6.07, 6.45) is 3.30. The molecule has 0 aliphatic carbocycles. The van der Waals surface area contributed by atoms with Crippen LogP contribution in [0, 0.1) is 5.82 Å². The number of aromatic nitrogens is 3. The number of nitrogens with two attached hydrogens (primary N) is 1. The third kappa shape index (κ3) is 1.77. The number of anilines is 2. The zero-order chi connectivity index (χ0) is 14.3. The van der Waals surface area contributed by atoms with Crippen LogP contribution in [-0.4, -0.2) is 21.6 Å². The second kappa shape index (κ2) is 4.48. The fraction of sp³-hybridized carbons (Fsp3) is 0.143. The van der Waals surface area contributed by atoms with Crippen LogP contribution in [0.25, 0.3) is 22.2 Å². The van der Waals surface area contributed by atoms with Gasteiger partial charge >= 0.3 is 0 Å². The average molecular weight is 271 g/mol. The van der Waals surface area contributed by atoms with E-state index < -0.39 is 0 Å². The van der Waals surface area contributed by atoms with Crippen LogP contribution in [0.4, 0.5) is 15.9 Å². The number of fused-ring (bicyclic) bond motifs is 1. The summed E-state index contributed by atoms with van der Waals surface area (Å²) in [5.41, 5.74) is 8.68. The topological polar surface area (TPSA) is 68.8 Å². The third-order valence-electron chi connectivity index (χ3n) is 3.33. The molecule has 0 atom stereocenters. The fourth-order valence-electron chi connectivity index (χ4n) is 2.34. The maximum Gasteiger partial charge on any atom is 0.146 e. The maximum absolute atomic E-state index is 13.9. The van der Waals surface area contributed by atoms with Gasteiger partial charge in [0.2, 0.25) is 0 Å². The van der Waals surface area contributed by atoms with Gasteiger partial charge in [0.15, 0.2) is 0 Å². The molecular weight excluding hydrogens is 257 g/mol. The number of halogens is 1. The van der Waals surface area contributed by atoms with Gasteiger partial charge in [-0.15, -0.1) is 0 Å². The second-order valence-electron chi connectivity index (χ2n) is 4.56. The zero-order valence-electron chi connectivity index (χ0n) is 11.2. The van der Waals surface area contributed by atoms with Crippen molar-refractivity contribution in [1.82, 2.24) is 14.5 Å². The SMILES string of the molecule is CNc1ccc(-c2cn(C)c3ncnc(N)c23)cc1F. The molecule has 0 fully saturated rings. The van der Waals surface area contributed by atoms with Gasteiger partial charge in [-0.1, -0.05) is 6.07 Å². The van der Waals surface area contributed by atoms with Crippen LogP contribution in [0.15, 0.2) is 30.7 Å². The monoisotopic (exact) mass is 271 g/mol. The van der Waals surface area contributed by atoms with E-state index in [2.05, 4.69) is 15.3 Å².